The van der Waals surface area contributed by atoms with Crippen molar-refractivity contribution in [3.05, 3.63) is 30.3 Å². The molecule has 0 fully saturated rings. The Labute approximate surface area is 109 Å². The van der Waals surface area contributed by atoms with Crippen molar-refractivity contribution in [2.75, 3.05) is 25.1 Å². The third-order valence-corrected chi connectivity index (χ3v) is 1.97. The highest BCUT2D eigenvalue weighted by molar-refractivity contribution is 5.58. The maximum atomic E-state index is 9.92. The molecule has 0 spiro atoms. The highest BCUT2D eigenvalue weighted by atomic mass is 16.7. The molecule has 4 nitrogen and oxygen atoms in total. The molecule has 18 heavy (non-hydrogen) atoms. The van der Waals surface area contributed by atoms with E-state index in [1.165, 1.54) is 0 Å². The van der Waals surface area contributed by atoms with Crippen LogP contribution in [0.1, 0.15) is 20.8 Å². The zero-order valence-corrected chi connectivity index (χ0v) is 11.4. The van der Waals surface area contributed by atoms with Crippen LogP contribution in [0.25, 0.3) is 0 Å². The summed E-state index contributed by atoms with van der Waals surface area (Å²) in [6.07, 6.45) is 0.803. The zero-order chi connectivity index (χ0) is 13.6. The summed E-state index contributed by atoms with van der Waals surface area (Å²) in [6.45, 7) is 7.63. The Morgan fingerprint density at radius 1 is 1.17 bits per heavy atom. The zero-order valence-electron chi connectivity index (χ0n) is 11.4. The van der Waals surface area contributed by atoms with E-state index in [1.807, 2.05) is 51.1 Å². The molecule has 0 radical (unpaired) electrons. The fourth-order valence-electron chi connectivity index (χ4n) is 1.23. The maximum Gasteiger partial charge on any atom is 0.154 e. The van der Waals surface area contributed by atoms with Crippen LogP contribution < -0.4 is 5.32 Å². The Balaban J connectivity index is 0.000000331. The van der Waals surface area contributed by atoms with Gasteiger partial charge in [-0.3, -0.25) is 0 Å². The number of para-hydroxylation sites is 1. The molecule has 1 N–H and O–H groups in total. The van der Waals surface area contributed by atoms with E-state index in [9.17, 15) is 4.79 Å². The number of hydrogen-bond donors (Lipinski definition) is 1. The second-order valence-electron chi connectivity index (χ2n) is 3.39. The average molecular weight is 253 g/mol. The molecule has 0 heterocycles. The monoisotopic (exact) mass is 253 g/mol. The summed E-state index contributed by atoms with van der Waals surface area (Å²) >= 11 is 0. The standard InChI is InChI=1S/C8H9NO.C6H14O2/c10-7-6-9-8-4-2-1-3-5-8;1-4-7-6(3)8-5-2/h1-5,7,9H,6H2;6H,4-5H2,1-3H3. The topological polar surface area (TPSA) is 47.6 Å². The van der Waals surface area contributed by atoms with Crippen molar-refractivity contribution in [3.8, 4) is 0 Å². The molecule has 0 aliphatic rings. The summed E-state index contributed by atoms with van der Waals surface area (Å²) in [5.41, 5.74) is 0.981. The van der Waals surface area contributed by atoms with E-state index in [-0.39, 0.29) is 6.29 Å². The van der Waals surface area contributed by atoms with Gasteiger partial charge in [0.2, 0.25) is 0 Å². The third kappa shape index (κ3) is 9.81. The molecule has 0 atom stereocenters. The second-order valence-corrected chi connectivity index (χ2v) is 3.39. The molecular formula is C14H23NO3. The van der Waals surface area contributed by atoms with E-state index in [0.29, 0.717) is 6.54 Å². The van der Waals surface area contributed by atoms with Crippen LogP contribution in [0.15, 0.2) is 30.3 Å². The molecule has 0 aliphatic carbocycles. The number of rotatable bonds is 7. The number of anilines is 1. The molecule has 0 bridgehead atoms. The number of benzene rings is 1. The Kier molecular flexibility index (Phi) is 11.1. The number of ether oxygens (including phenoxy) is 2. The predicted molar refractivity (Wildman–Crippen MR) is 73.7 cm³/mol. The largest absolute Gasteiger partial charge is 0.378 e. The van der Waals surface area contributed by atoms with Gasteiger partial charge in [0, 0.05) is 18.9 Å². The summed E-state index contributed by atoms with van der Waals surface area (Å²) in [5.74, 6) is 0. The van der Waals surface area contributed by atoms with Gasteiger partial charge in [-0.2, -0.15) is 0 Å². The van der Waals surface area contributed by atoms with Gasteiger partial charge in [0.25, 0.3) is 0 Å². The van der Waals surface area contributed by atoms with E-state index in [2.05, 4.69) is 5.32 Å². The fraction of sp³-hybridized carbons (Fsp3) is 0.500. The molecule has 4 heteroatoms. The summed E-state index contributed by atoms with van der Waals surface area (Å²) in [5, 5.41) is 2.93. The summed E-state index contributed by atoms with van der Waals surface area (Å²) in [4.78, 5) is 9.92. The van der Waals surface area contributed by atoms with Gasteiger partial charge in [-0.15, -0.1) is 0 Å². The number of nitrogens with one attached hydrogen (secondary N) is 1. The first kappa shape index (κ1) is 16.6. The molecule has 1 rings (SSSR count). The van der Waals surface area contributed by atoms with Gasteiger partial charge in [-0.1, -0.05) is 18.2 Å². The summed E-state index contributed by atoms with van der Waals surface area (Å²) < 4.78 is 10.1. The van der Waals surface area contributed by atoms with Crippen LogP contribution in [0.5, 0.6) is 0 Å². The molecule has 0 unspecified atom stereocenters. The smallest absolute Gasteiger partial charge is 0.154 e. The molecular weight excluding hydrogens is 230 g/mol. The van der Waals surface area contributed by atoms with Crippen molar-refractivity contribution in [1.29, 1.82) is 0 Å². The lowest BCUT2D eigenvalue weighted by Crippen LogP contribution is -2.11. The Morgan fingerprint density at radius 3 is 2.17 bits per heavy atom. The van der Waals surface area contributed by atoms with Crippen LogP contribution in [0, 0.1) is 0 Å². The molecule has 1 aromatic carbocycles. The lowest BCUT2D eigenvalue weighted by atomic mass is 10.3. The molecule has 0 aliphatic heterocycles. The summed E-state index contributed by atoms with van der Waals surface area (Å²) in [7, 11) is 0. The number of hydrogen-bond acceptors (Lipinski definition) is 4. The van der Waals surface area contributed by atoms with Crippen molar-refractivity contribution in [2.24, 2.45) is 0 Å². The first-order valence-electron chi connectivity index (χ1n) is 6.20. The van der Waals surface area contributed by atoms with E-state index in [1.54, 1.807) is 0 Å². The van der Waals surface area contributed by atoms with Gasteiger partial charge in [0.05, 0.1) is 6.54 Å². The normalized spacial score (nSPS) is 9.56. The minimum absolute atomic E-state index is 0.0370. The van der Waals surface area contributed by atoms with Crippen molar-refractivity contribution in [1.82, 2.24) is 0 Å². The van der Waals surface area contributed by atoms with Gasteiger partial charge in [0.1, 0.15) is 6.29 Å². The van der Waals surface area contributed by atoms with Crippen LogP contribution in [-0.2, 0) is 14.3 Å². The second kappa shape index (κ2) is 12.1. The first-order valence-corrected chi connectivity index (χ1v) is 6.20. The van der Waals surface area contributed by atoms with Crippen molar-refractivity contribution in [2.45, 2.75) is 27.1 Å². The molecule has 0 aromatic heterocycles. The van der Waals surface area contributed by atoms with Crippen LogP contribution >= 0.6 is 0 Å². The van der Waals surface area contributed by atoms with E-state index < -0.39 is 0 Å². The van der Waals surface area contributed by atoms with Crippen LogP contribution in [0.3, 0.4) is 0 Å². The van der Waals surface area contributed by atoms with Gasteiger partial charge in [0.15, 0.2) is 6.29 Å². The van der Waals surface area contributed by atoms with E-state index in [0.717, 1.165) is 25.2 Å². The molecule has 0 saturated heterocycles. The first-order chi connectivity index (χ1) is 8.74. The van der Waals surface area contributed by atoms with E-state index >= 15 is 0 Å². The average Bonchev–Trinajstić information content (AvgIpc) is 2.39. The van der Waals surface area contributed by atoms with Gasteiger partial charge >= 0.3 is 0 Å². The molecule has 0 saturated carbocycles. The lowest BCUT2D eigenvalue weighted by Gasteiger charge is -2.09. The minimum atomic E-state index is -0.0370. The predicted octanol–water partition coefficient (Wildman–Crippen LogP) is 2.70. The molecule has 0 amide bonds. The Bertz CT molecular complexity index is 284. The van der Waals surface area contributed by atoms with E-state index in [4.69, 9.17) is 9.47 Å². The fourth-order valence-corrected chi connectivity index (χ4v) is 1.23. The Hall–Kier alpha value is -1.39. The molecule has 102 valence electrons. The van der Waals surface area contributed by atoms with Gasteiger partial charge in [-0.25, -0.2) is 0 Å². The maximum absolute atomic E-state index is 9.92. The van der Waals surface area contributed by atoms with Crippen LogP contribution in [0.4, 0.5) is 5.69 Å². The SMILES string of the molecule is CCOC(C)OCC.O=CCNc1ccccc1. The van der Waals surface area contributed by atoms with Crippen molar-refractivity contribution >= 4 is 12.0 Å². The van der Waals surface area contributed by atoms with Crippen LogP contribution in [0.2, 0.25) is 0 Å². The number of carbonyl (C=O) groups excluding carboxylic acids is 1. The highest BCUT2D eigenvalue weighted by Gasteiger charge is 1.94. The van der Waals surface area contributed by atoms with Crippen LogP contribution in [-0.4, -0.2) is 32.3 Å². The third-order valence-electron chi connectivity index (χ3n) is 1.97. The van der Waals surface area contributed by atoms with Crippen molar-refractivity contribution < 1.29 is 14.3 Å². The number of aldehydes is 1. The lowest BCUT2D eigenvalue weighted by molar-refractivity contribution is -0.123. The number of carbonyl (C=O) groups is 1. The molecule has 1 aromatic rings. The quantitative estimate of drug-likeness (QED) is 0.599. The van der Waals surface area contributed by atoms with Gasteiger partial charge in [-0.05, 0) is 32.9 Å². The van der Waals surface area contributed by atoms with Gasteiger partial charge < -0.3 is 19.6 Å². The van der Waals surface area contributed by atoms with Crippen molar-refractivity contribution in [3.63, 3.8) is 0 Å². The highest BCUT2D eigenvalue weighted by Crippen LogP contribution is 2.02. The Morgan fingerprint density at radius 2 is 1.72 bits per heavy atom. The minimum Gasteiger partial charge on any atom is -0.378 e. The summed E-state index contributed by atoms with van der Waals surface area (Å²) in [6, 6.07) is 9.62.